The predicted octanol–water partition coefficient (Wildman–Crippen LogP) is 1.61. The van der Waals surface area contributed by atoms with Gasteiger partial charge in [0, 0.05) is 11.2 Å². The van der Waals surface area contributed by atoms with Gasteiger partial charge in [-0.05, 0) is 30.6 Å². The van der Waals surface area contributed by atoms with Gasteiger partial charge in [0.15, 0.2) is 0 Å². The van der Waals surface area contributed by atoms with E-state index in [0.717, 1.165) is 19.3 Å². The zero-order valence-electron chi connectivity index (χ0n) is 11.8. The fourth-order valence-electron chi connectivity index (χ4n) is 3.91. The fraction of sp³-hybridized carbons (Fsp3) is 0.786. The maximum atomic E-state index is 12.3. The molecule has 4 atom stereocenters. The zero-order valence-corrected chi connectivity index (χ0v) is 12.6. The summed E-state index contributed by atoms with van der Waals surface area (Å²) >= 11 is 0. The third kappa shape index (κ3) is 1.98. The van der Waals surface area contributed by atoms with E-state index in [1.54, 1.807) is 0 Å². The Morgan fingerprint density at radius 2 is 2.16 bits per heavy atom. The third-order valence-electron chi connectivity index (χ3n) is 5.46. The van der Waals surface area contributed by atoms with Gasteiger partial charge in [0.1, 0.15) is 4.91 Å². The van der Waals surface area contributed by atoms with E-state index in [2.05, 4.69) is 25.2 Å². The maximum absolute atomic E-state index is 12.3. The largest absolute Gasteiger partial charge is 0.465 e. The number of ether oxygens (including phenoxy) is 1. The van der Waals surface area contributed by atoms with E-state index in [1.165, 1.54) is 7.11 Å². The molecule has 0 aliphatic heterocycles. The number of esters is 1. The number of methoxy groups -OCH3 is 1. The molecular weight excluding hydrogens is 264 g/mol. The van der Waals surface area contributed by atoms with Crippen molar-refractivity contribution in [3.8, 4) is 0 Å². The summed E-state index contributed by atoms with van der Waals surface area (Å²) < 4.78 is 16.9. The van der Waals surface area contributed by atoms with Crippen molar-refractivity contribution < 1.29 is 18.8 Å². The highest BCUT2D eigenvalue weighted by molar-refractivity contribution is 7.90. The Morgan fingerprint density at radius 3 is 2.58 bits per heavy atom. The minimum atomic E-state index is -1.49. The first-order valence-electron chi connectivity index (χ1n) is 6.60. The second-order valence-electron chi connectivity index (χ2n) is 6.27. The molecule has 0 unspecified atom stereocenters. The number of rotatable bonds is 4. The van der Waals surface area contributed by atoms with Crippen molar-refractivity contribution in [3.05, 3.63) is 11.5 Å². The van der Waals surface area contributed by atoms with Gasteiger partial charge in [0.2, 0.25) is 0 Å². The van der Waals surface area contributed by atoms with Crippen molar-refractivity contribution in [2.24, 2.45) is 16.7 Å². The number of hydrogen-bond donors (Lipinski definition) is 1. The van der Waals surface area contributed by atoms with Crippen molar-refractivity contribution in [2.45, 2.75) is 39.2 Å². The number of carbonyl (C=O) groups is 1. The van der Waals surface area contributed by atoms with E-state index in [4.69, 9.17) is 0 Å². The quantitative estimate of drug-likeness (QED) is 0.630. The molecule has 0 aromatic carbocycles. The van der Waals surface area contributed by atoms with Gasteiger partial charge in [-0.3, -0.25) is 4.21 Å². The topological polar surface area (TPSA) is 63.6 Å². The SMILES string of the molecule is C=C(C(=O)OC)[S@](=O)C[C@]12CC[C@H](C[C@H]1O)C2(C)C. The molecular formula is C14H22O4S. The zero-order chi connectivity index (χ0) is 14.4. The van der Waals surface area contributed by atoms with Crippen molar-refractivity contribution in [1.29, 1.82) is 0 Å². The molecule has 2 aliphatic rings. The first-order chi connectivity index (χ1) is 8.76. The molecule has 0 spiro atoms. The van der Waals surface area contributed by atoms with Crippen molar-refractivity contribution >= 4 is 16.8 Å². The molecule has 2 fully saturated rings. The molecule has 4 nitrogen and oxygen atoms in total. The Hall–Kier alpha value is -0.680. The summed E-state index contributed by atoms with van der Waals surface area (Å²) in [5, 5.41) is 10.4. The number of fused-ring (bicyclic) bond motifs is 2. The Kier molecular flexibility index (Phi) is 3.64. The van der Waals surface area contributed by atoms with Gasteiger partial charge in [-0.25, -0.2) is 4.79 Å². The summed E-state index contributed by atoms with van der Waals surface area (Å²) in [4.78, 5) is 11.4. The molecule has 19 heavy (non-hydrogen) atoms. The van der Waals surface area contributed by atoms with Crippen LogP contribution >= 0.6 is 0 Å². The lowest BCUT2D eigenvalue weighted by atomic mass is 9.70. The highest BCUT2D eigenvalue weighted by Gasteiger charge is 2.64. The Bertz CT molecular complexity index is 443. The van der Waals surface area contributed by atoms with Crippen LogP contribution in [0, 0.1) is 16.7 Å². The lowest BCUT2D eigenvalue weighted by Crippen LogP contribution is -2.43. The number of aliphatic hydroxyl groups is 1. The Labute approximate surface area is 116 Å². The highest BCUT2D eigenvalue weighted by atomic mass is 32.2. The van der Waals surface area contributed by atoms with Crippen LogP contribution in [-0.2, 0) is 20.3 Å². The molecule has 2 aliphatic carbocycles. The molecule has 1 N–H and O–H groups in total. The van der Waals surface area contributed by atoms with Crippen LogP contribution in [0.4, 0.5) is 0 Å². The minimum Gasteiger partial charge on any atom is -0.465 e. The number of aliphatic hydroxyl groups excluding tert-OH is 1. The monoisotopic (exact) mass is 286 g/mol. The van der Waals surface area contributed by atoms with Crippen LogP contribution in [0.15, 0.2) is 11.5 Å². The van der Waals surface area contributed by atoms with Crippen LogP contribution < -0.4 is 0 Å². The fourth-order valence-corrected chi connectivity index (χ4v) is 5.53. The standard InChI is InChI=1S/C14H22O4S/c1-9(12(16)18-4)19(17)8-14-6-5-10(7-11(14)15)13(14,2)3/h10-11,15H,1,5-8H2,2-4H3/t10-,11-,14-,19-/m1/s1. The van der Waals surface area contributed by atoms with Gasteiger partial charge < -0.3 is 9.84 Å². The minimum absolute atomic E-state index is 0.00442. The van der Waals surface area contributed by atoms with Gasteiger partial charge in [-0.1, -0.05) is 20.4 Å². The third-order valence-corrected chi connectivity index (χ3v) is 6.96. The molecule has 0 aromatic rings. The molecule has 0 aromatic heterocycles. The first kappa shape index (κ1) is 14.7. The van der Waals surface area contributed by atoms with Crippen LogP contribution in [-0.4, -0.2) is 34.3 Å². The van der Waals surface area contributed by atoms with E-state index < -0.39 is 22.9 Å². The normalized spacial score (nSPS) is 37.1. The van der Waals surface area contributed by atoms with Crippen LogP contribution in [0.2, 0.25) is 0 Å². The summed E-state index contributed by atoms with van der Waals surface area (Å²) in [7, 11) is -0.240. The highest BCUT2D eigenvalue weighted by Crippen LogP contribution is 2.66. The van der Waals surface area contributed by atoms with Crippen LogP contribution in [0.1, 0.15) is 33.1 Å². The van der Waals surface area contributed by atoms with Crippen LogP contribution in [0.25, 0.3) is 0 Å². The summed E-state index contributed by atoms with van der Waals surface area (Å²) in [6.45, 7) is 7.84. The number of hydrogen-bond acceptors (Lipinski definition) is 4. The summed E-state index contributed by atoms with van der Waals surface area (Å²) in [5.41, 5.74) is -0.405. The van der Waals surface area contributed by atoms with Gasteiger partial charge in [0.25, 0.3) is 0 Å². The van der Waals surface area contributed by atoms with E-state index in [9.17, 15) is 14.1 Å². The predicted molar refractivity (Wildman–Crippen MR) is 73.7 cm³/mol. The molecule has 0 radical (unpaired) electrons. The molecule has 2 bridgehead atoms. The first-order valence-corrected chi connectivity index (χ1v) is 7.92. The van der Waals surface area contributed by atoms with E-state index in [1.807, 2.05) is 0 Å². The Balaban J connectivity index is 2.20. The summed E-state index contributed by atoms with van der Waals surface area (Å²) in [6, 6.07) is 0. The molecule has 108 valence electrons. The average Bonchev–Trinajstić information content (AvgIpc) is 2.70. The molecule has 5 heteroatoms. The van der Waals surface area contributed by atoms with E-state index >= 15 is 0 Å². The summed E-state index contributed by atoms with van der Waals surface area (Å²) in [6.07, 6.45) is 2.27. The average molecular weight is 286 g/mol. The van der Waals surface area contributed by atoms with Gasteiger partial charge in [-0.2, -0.15) is 0 Å². The maximum Gasteiger partial charge on any atom is 0.346 e. The molecule has 0 saturated heterocycles. The van der Waals surface area contributed by atoms with E-state index in [-0.39, 0.29) is 15.7 Å². The second kappa shape index (κ2) is 4.70. The van der Waals surface area contributed by atoms with E-state index in [0.29, 0.717) is 11.7 Å². The molecule has 2 rings (SSSR count). The lowest BCUT2D eigenvalue weighted by Gasteiger charge is -2.40. The lowest BCUT2D eigenvalue weighted by molar-refractivity contribution is -0.135. The van der Waals surface area contributed by atoms with Gasteiger partial charge >= 0.3 is 5.97 Å². The van der Waals surface area contributed by atoms with Gasteiger partial charge in [-0.15, -0.1) is 0 Å². The summed E-state index contributed by atoms with van der Waals surface area (Å²) in [5.74, 6) is 0.145. The van der Waals surface area contributed by atoms with Crippen molar-refractivity contribution in [2.75, 3.05) is 12.9 Å². The van der Waals surface area contributed by atoms with Gasteiger partial charge in [0.05, 0.1) is 24.0 Å². The van der Waals surface area contributed by atoms with Crippen LogP contribution in [0.5, 0.6) is 0 Å². The molecule has 2 saturated carbocycles. The molecule has 0 heterocycles. The second-order valence-corrected chi connectivity index (χ2v) is 7.74. The van der Waals surface area contributed by atoms with Crippen molar-refractivity contribution in [3.63, 3.8) is 0 Å². The van der Waals surface area contributed by atoms with Crippen LogP contribution in [0.3, 0.4) is 0 Å². The Morgan fingerprint density at radius 1 is 1.53 bits per heavy atom. The van der Waals surface area contributed by atoms with Crippen molar-refractivity contribution in [1.82, 2.24) is 0 Å². The smallest absolute Gasteiger partial charge is 0.346 e. The molecule has 0 amide bonds. The number of carbonyl (C=O) groups excluding carboxylic acids is 1.